The summed E-state index contributed by atoms with van der Waals surface area (Å²) < 4.78 is 4.98. The van der Waals surface area contributed by atoms with Crippen LogP contribution in [-0.2, 0) is 0 Å². The first-order valence-corrected chi connectivity index (χ1v) is 5.04. The summed E-state index contributed by atoms with van der Waals surface area (Å²) >= 11 is 4.09. The molecule has 0 fully saturated rings. The molecule has 1 aromatic heterocycles. The summed E-state index contributed by atoms with van der Waals surface area (Å²) in [6, 6.07) is 6.94. The molecule has 1 N–H and O–H groups in total. The number of aromatic hydroxyl groups is 1. The van der Waals surface area contributed by atoms with E-state index in [9.17, 15) is 5.11 Å². The third kappa shape index (κ3) is 2.09. The van der Waals surface area contributed by atoms with Gasteiger partial charge in [-0.3, -0.25) is 0 Å². The van der Waals surface area contributed by atoms with Gasteiger partial charge in [0.2, 0.25) is 5.88 Å². The van der Waals surface area contributed by atoms with E-state index >= 15 is 0 Å². The standard InChI is InChI=1S/C11H10N2O2S/c1-15-11-5-8(6-12-13-11)7-2-3-10(16)9(14)4-7/h2-6,14,16H,1H3. The largest absolute Gasteiger partial charge is 0.507 e. The first-order valence-electron chi connectivity index (χ1n) is 4.60. The molecule has 4 nitrogen and oxygen atoms in total. The number of aromatic nitrogens is 2. The van der Waals surface area contributed by atoms with E-state index in [-0.39, 0.29) is 5.75 Å². The molecule has 0 spiro atoms. The van der Waals surface area contributed by atoms with Crippen molar-refractivity contribution in [3.63, 3.8) is 0 Å². The Morgan fingerprint density at radius 1 is 1.25 bits per heavy atom. The number of hydrogen-bond donors (Lipinski definition) is 2. The van der Waals surface area contributed by atoms with Crippen molar-refractivity contribution in [3.8, 4) is 22.8 Å². The molecule has 0 aliphatic rings. The van der Waals surface area contributed by atoms with Crippen LogP contribution in [0.25, 0.3) is 11.1 Å². The smallest absolute Gasteiger partial charge is 0.233 e. The lowest BCUT2D eigenvalue weighted by molar-refractivity contribution is 0.392. The molecular weight excluding hydrogens is 224 g/mol. The van der Waals surface area contributed by atoms with Crippen LogP contribution in [0.15, 0.2) is 35.4 Å². The number of hydrogen-bond acceptors (Lipinski definition) is 5. The topological polar surface area (TPSA) is 55.2 Å². The second kappa shape index (κ2) is 4.40. The van der Waals surface area contributed by atoms with Crippen molar-refractivity contribution >= 4 is 12.6 Å². The highest BCUT2D eigenvalue weighted by Crippen LogP contribution is 2.28. The predicted octanol–water partition coefficient (Wildman–Crippen LogP) is 2.15. The van der Waals surface area contributed by atoms with E-state index < -0.39 is 0 Å². The molecule has 2 aromatic rings. The maximum absolute atomic E-state index is 9.54. The molecule has 0 bridgehead atoms. The Hall–Kier alpha value is -1.75. The Morgan fingerprint density at radius 2 is 2.06 bits per heavy atom. The molecule has 0 unspecified atom stereocenters. The number of ether oxygens (including phenoxy) is 1. The van der Waals surface area contributed by atoms with E-state index in [2.05, 4.69) is 22.8 Å². The molecule has 1 heterocycles. The van der Waals surface area contributed by atoms with E-state index in [1.807, 2.05) is 6.07 Å². The quantitative estimate of drug-likeness (QED) is 0.782. The summed E-state index contributed by atoms with van der Waals surface area (Å²) in [6.07, 6.45) is 1.61. The van der Waals surface area contributed by atoms with Crippen molar-refractivity contribution in [2.75, 3.05) is 7.11 Å². The van der Waals surface area contributed by atoms with Crippen molar-refractivity contribution in [3.05, 3.63) is 30.5 Å². The van der Waals surface area contributed by atoms with Crippen LogP contribution >= 0.6 is 12.6 Å². The van der Waals surface area contributed by atoms with E-state index in [0.29, 0.717) is 10.8 Å². The van der Waals surface area contributed by atoms with Gasteiger partial charge >= 0.3 is 0 Å². The zero-order valence-corrected chi connectivity index (χ0v) is 9.48. The molecule has 16 heavy (non-hydrogen) atoms. The number of phenolic OH excluding ortho intramolecular Hbond substituents is 1. The number of rotatable bonds is 2. The molecule has 2 rings (SSSR count). The molecule has 0 saturated carbocycles. The van der Waals surface area contributed by atoms with Gasteiger partial charge in [-0.2, -0.15) is 5.10 Å². The second-order valence-corrected chi connectivity index (χ2v) is 3.67. The molecule has 0 aliphatic carbocycles. The zero-order chi connectivity index (χ0) is 11.5. The zero-order valence-electron chi connectivity index (χ0n) is 8.58. The highest BCUT2D eigenvalue weighted by molar-refractivity contribution is 7.80. The Bertz CT molecular complexity index is 517. The molecule has 0 aliphatic heterocycles. The van der Waals surface area contributed by atoms with Gasteiger partial charge in [0.1, 0.15) is 5.75 Å². The highest BCUT2D eigenvalue weighted by atomic mass is 32.1. The highest BCUT2D eigenvalue weighted by Gasteiger charge is 2.04. The predicted molar refractivity (Wildman–Crippen MR) is 62.9 cm³/mol. The lowest BCUT2D eigenvalue weighted by Crippen LogP contribution is -1.90. The first kappa shape index (κ1) is 10.8. The molecule has 0 amide bonds. The molecular formula is C11H10N2O2S. The minimum absolute atomic E-state index is 0.136. The number of phenols is 1. The van der Waals surface area contributed by atoms with Gasteiger partial charge in [-0.15, -0.1) is 17.7 Å². The van der Waals surface area contributed by atoms with Crippen LogP contribution in [0.4, 0.5) is 0 Å². The van der Waals surface area contributed by atoms with Gasteiger partial charge in [-0.1, -0.05) is 6.07 Å². The van der Waals surface area contributed by atoms with Gasteiger partial charge in [-0.05, 0) is 17.7 Å². The lowest BCUT2D eigenvalue weighted by Gasteiger charge is -2.04. The number of thiol groups is 1. The summed E-state index contributed by atoms with van der Waals surface area (Å²) in [6.45, 7) is 0. The minimum atomic E-state index is 0.136. The molecule has 5 heteroatoms. The average Bonchev–Trinajstić information content (AvgIpc) is 2.33. The Balaban J connectivity index is 2.46. The van der Waals surface area contributed by atoms with Gasteiger partial charge in [0.15, 0.2) is 0 Å². The molecule has 0 saturated heterocycles. The van der Waals surface area contributed by atoms with Gasteiger partial charge < -0.3 is 9.84 Å². The lowest BCUT2D eigenvalue weighted by atomic mass is 10.1. The third-order valence-electron chi connectivity index (χ3n) is 2.15. The van der Waals surface area contributed by atoms with Crippen molar-refractivity contribution in [2.24, 2.45) is 0 Å². The van der Waals surface area contributed by atoms with Crippen molar-refractivity contribution < 1.29 is 9.84 Å². The number of nitrogens with zero attached hydrogens (tertiary/aromatic N) is 2. The molecule has 82 valence electrons. The fourth-order valence-corrected chi connectivity index (χ4v) is 1.45. The normalized spacial score (nSPS) is 10.1. The van der Waals surface area contributed by atoms with Crippen LogP contribution < -0.4 is 4.74 Å². The van der Waals surface area contributed by atoms with Crippen LogP contribution in [0.1, 0.15) is 0 Å². The summed E-state index contributed by atoms with van der Waals surface area (Å²) in [5.74, 6) is 0.573. The van der Waals surface area contributed by atoms with Gasteiger partial charge in [0.25, 0.3) is 0 Å². The van der Waals surface area contributed by atoms with Crippen LogP contribution in [0, 0.1) is 0 Å². The third-order valence-corrected chi connectivity index (χ3v) is 2.53. The first-order chi connectivity index (χ1) is 7.70. The van der Waals surface area contributed by atoms with Crippen LogP contribution in [0.2, 0.25) is 0 Å². The molecule has 0 atom stereocenters. The Morgan fingerprint density at radius 3 is 2.75 bits per heavy atom. The van der Waals surface area contributed by atoms with Crippen molar-refractivity contribution in [1.82, 2.24) is 10.2 Å². The number of benzene rings is 1. The van der Waals surface area contributed by atoms with Gasteiger partial charge in [-0.25, -0.2) is 0 Å². The maximum atomic E-state index is 9.54. The monoisotopic (exact) mass is 234 g/mol. The maximum Gasteiger partial charge on any atom is 0.233 e. The van der Waals surface area contributed by atoms with Crippen molar-refractivity contribution in [1.29, 1.82) is 0 Å². The summed E-state index contributed by atoms with van der Waals surface area (Å²) in [4.78, 5) is 0.540. The number of methoxy groups -OCH3 is 1. The Kier molecular flexibility index (Phi) is 2.96. The SMILES string of the molecule is COc1cc(-c2ccc(S)c(O)c2)cnn1. The van der Waals surface area contributed by atoms with Crippen molar-refractivity contribution in [2.45, 2.75) is 4.90 Å². The average molecular weight is 234 g/mol. The Labute approximate surface area is 98.3 Å². The van der Waals surface area contributed by atoms with E-state index in [1.165, 1.54) is 7.11 Å². The minimum Gasteiger partial charge on any atom is -0.507 e. The van der Waals surface area contributed by atoms with Crippen LogP contribution in [0.5, 0.6) is 11.6 Å². The summed E-state index contributed by atoms with van der Waals surface area (Å²) in [7, 11) is 1.53. The van der Waals surface area contributed by atoms with Crippen LogP contribution in [0.3, 0.4) is 0 Å². The van der Waals surface area contributed by atoms with Crippen LogP contribution in [-0.4, -0.2) is 22.4 Å². The van der Waals surface area contributed by atoms with Gasteiger partial charge in [0.05, 0.1) is 13.3 Å². The van der Waals surface area contributed by atoms with Gasteiger partial charge in [0, 0.05) is 16.5 Å². The molecule has 1 aromatic carbocycles. The summed E-state index contributed by atoms with van der Waals surface area (Å²) in [5.41, 5.74) is 1.67. The van der Waals surface area contributed by atoms with E-state index in [0.717, 1.165) is 11.1 Å². The fourth-order valence-electron chi connectivity index (χ4n) is 1.31. The van der Waals surface area contributed by atoms with E-state index in [4.69, 9.17) is 4.74 Å². The fraction of sp³-hybridized carbons (Fsp3) is 0.0909. The second-order valence-electron chi connectivity index (χ2n) is 3.19. The molecule has 0 radical (unpaired) electrons. The van der Waals surface area contributed by atoms with E-state index in [1.54, 1.807) is 24.4 Å². The summed E-state index contributed by atoms with van der Waals surface area (Å²) in [5, 5.41) is 17.1.